The van der Waals surface area contributed by atoms with E-state index in [0.717, 1.165) is 6.42 Å². The minimum Gasteiger partial charge on any atom is -0.490 e. The minimum absolute atomic E-state index is 0.00632. The van der Waals surface area contributed by atoms with Gasteiger partial charge in [0.1, 0.15) is 19.0 Å². The van der Waals surface area contributed by atoms with Crippen molar-refractivity contribution in [2.24, 2.45) is 0 Å². The van der Waals surface area contributed by atoms with Crippen LogP contribution >= 0.6 is 11.3 Å². The number of carbonyl (C=O) groups excluding carboxylic acids is 1. The summed E-state index contributed by atoms with van der Waals surface area (Å²) in [5.74, 6) is 0.498. The zero-order valence-electron chi connectivity index (χ0n) is 12.8. The molecule has 0 fully saturated rings. The Bertz CT molecular complexity index is 728. The molecule has 0 bridgehead atoms. The van der Waals surface area contributed by atoms with Gasteiger partial charge in [-0.3, -0.25) is 10.1 Å². The van der Waals surface area contributed by atoms with Crippen molar-refractivity contribution < 1.29 is 19.2 Å². The van der Waals surface area contributed by atoms with Gasteiger partial charge in [-0.25, -0.2) is 4.79 Å². The number of nitro groups is 1. The molecule has 0 spiro atoms. The second-order valence-corrected chi connectivity index (χ2v) is 6.26. The number of rotatable bonds is 5. The number of hydrogen-bond donors (Lipinski definition) is 0. The van der Waals surface area contributed by atoms with E-state index >= 15 is 0 Å². The first-order chi connectivity index (χ1) is 11.6. The third kappa shape index (κ3) is 3.83. The van der Waals surface area contributed by atoms with Crippen molar-refractivity contribution in [3.8, 4) is 5.75 Å². The average Bonchev–Trinajstić information content (AvgIpc) is 3.06. The molecule has 1 aromatic heterocycles. The van der Waals surface area contributed by atoms with Crippen LogP contribution in [0.15, 0.2) is 35.7 Å². The Labute approximate surface area is 142 Å². The Hall–Kier alpha value is -2.61. The molecule has 126 valence electrons. The van der Waals surface area contributed by atoms with Gasteiger partial charge >= 0.3 is 6.09 Å². The van der Waals surface area contributed by atoms with E-state index in [0.29, 0.717) is 18.8 Å². The number of carbonyl (C=O) groups is 1. The fourth-order valence-electron chi connectivity index (χ4n) is 2.44. The number of non-ortho nitro benzene ring substituents is 1. The molecule has 2 heterocycles. The monoisotopic (exact) mass is 348 g/mol. The molecule has 7 nitrogen and oxygen atoms in total. The van der Waals surface area contributed by atoms with Crippen LogP contribution in [-0.2, 0) is 17.7 Å². The lowest BCUT2D eigenvalue weighted by Gasteiger charge is -2.26. The average molecular weight is 348 g/mol. The van der Waals surface area contributed by atoms with Crippen LogP contribution in [0.5, 0.6) is 5.75 Å². The number of hydrogen-bond acceptors (Lipinski definition) is 6. The maximum Gasteiger partial charge on any atom is 0.410 e. The predicted octanol–water partition coefficient (Wildman–Crippen LogP) is 3.23. The molecule has 0 saturated heterocycles. The van der Waals surface area contributed by atoms with Crippen LogP contribution in [-0.4, -0.2) is 35.7 Å². The molecule has 0 unspecified atom stereocenters. The second-order valence-electron chi connectivity index (χ2n) is 5.25. The quantitative estimate of drug-likeness (QED) is 0.471. The van der Waals surface area contributed by atoms with Gasteiger partial charge in [-0.15, -0.1) is 11.3 Å². The molecule has 1 aromatic carbocycles. The number of nitro benzene ring substituents is 1. The lowest BCUT2D eigenvalue weighted by molar-refractivity contribution is -0.384. The van der Waals surface area contributed by atoms with Crippen LogP contribution < -0.4 is 4.74 Å². The molecular formula is C16H16N2O5S. The summed E-state index contributed by atoms with van der Waals surface area (Å²) < 4.78 is 10.6. The summed E-state index contributed by atoms with van der Waals surface area (Å²) in [6.45, 7) is 1.58. The van der Waals surface area contributed by atoms with Crippen LogP contribution in [0.2, 0.25) is 0 Å². The van der Waals surface area contributed by atoms with Gasteiger partial charge in [0, 0.05) is 23.6 Å². The zero-order valence-corrected chi connectivity index (χ0v) is 13.7. The first-order valence-electron chi connectivity index (χ1n) is 7.47. The molecule has 1 aliphatic heterocycles. The van der Waals surface area contributed by atoms with Crippen LogP contribution in [0.3, 0.4) is 0 Å². The van der Waals surface area contributed by atoms with E-state index in [9.17, 15) is 14.9 Å². The molecule has 1 aliphatic rings. The van der Waals surface area contributed by atoms with Crippen molar-refractivity contribution in [3.05, 3.63) is 56.3 Å². The zero-order chi connectivity index (χ0) is 16.9. The van der Waals surface area contributed by atoms with E-state index < -0.39 is 4.92 Å². The maximum atomic E-state index is 12.0. The SMILES string of the molecule is O=C(OCCOc1ccc([N+](=O)[O-])cc1)N1CCc2ccsc2C1. The van der Waals surface area contributed by atoms with Gasteiger partial charge in [0.25, 0.3) is 5.69 Å². The molecule has 2 aromatic rings. The Morgan fingerprint density at radius 1 is 1.25 bits per heavy atom. The molecule has 3 rings (SSSR count). The Kier molecular flexibility index (Phi) is 4.95. The highest BCUT2D eigenvalue weighted by molar-refractivity contribution is 7.10. The first-order valence-corrected chi connectivity index (χ1v) is 8.35. The number of amides is 1. The minimum atomic E-state index is -0.469. The van der Waals surface area contributed by atoms with Crippen molar-refractivity contribution in [2.45, 2.75) is 13.0 Å². The molecule has 0 atom stereocenters. The van der Waals surface area contributed by atoms with Gasteiger partial charge in [0.2, 0.25) is 0 Å². The predicted molar refractivity (Wildman–Crippen MR) is 88.4 cm³/mol. The molecule has 1 amide bonds. The summed E-state index contributed by atoms with van der Waals surface area (Å²) in [7, 11) is 0. The summed E-state index contributed by atoms with van der Waals surface area (Å²) in [5.41, 5.74) is 1.32. The highest BCUT2D eigenvalue weighted by Crippen LogP contribution is 2.24. The maximum absolute atomic E-state index is 12.0. The van der Waals surface area contributed by atoms with Crippen LogP contribution in [0.25, 0.3) is 0 Å². The number of ether oxygens (including phenoxy) is 2. The Morgan fingerprint density at radius 2 is 2.04 bits per heavy atom. The van der Waals surface area contributed by atoms with E-state index in [4.69, 9.17) is 9.47 Å². The van der Waals surface area contributed by atoms with Gasteiger partial charge < -0.3 is 14.4 Å². The van der Waals surface area contributed by atoms with E-state index in [1.165, 1.54) is 34.7 Å². The molecule has 0 radical (unpaired) electrons. The van der Waals surface area contributed by atoms with Gasteiger partial charge in [0.15, 0.2) is 0 Å². The first kappa shape index (κ1) is 16.3. The molecule has 0 aliphatic carbocycles. The van der Waals surface area contributed by atoms with E-state index in [1.54, 1.807) is 16.2 Å². The van der Waals surface area contributed by atoms with Gasteiger partial charge in [-0.05, 0) is 35.6 Å². The summed E-state index contributed by atoms with van der Waals surface area (Å²) >= 11 is 1.65. The molecular weight excluding hydrogens is 332 g/mol. The summed E-state index contributed by atoms with van der Waals surface area (Å²) in [4.78, 5) is 25.0. The fourth-order valence-corrected chi connectivity index (χ4v) is 3.38. The normalized spacial score (nSPS) is 13.2. The van der Waals surface area contributed by atoms with E-state index in [2.05, 4.69) is 6.07 Å². The van der Waals surface area contributed by atoms with E-state index in [-0.39, 0.29) is 25.0 Å². The number of fused-ring (bicyclic) bond motifs is 1. The summed E-state index contributed by atoms with van der Waals surface area (Å²) in [5, 5.41) is 12.6. The van der Waals surface area contributed by atoms with Crippen molar-refractivity contribution in [3.63, 3.8) is 0 Å². The molecule has 24 heavy (non-hydrogen) atoms. The highest BCUT2D eigenvalue weighted by Gasteiger charge is 2.22. The largest absolute Gasteiger partial charge is 0.490 e. The highest BCUT2D eigenvalue weighted by atomic mass is 32.1. The Morgan fingerprint density at radius 3 is 2.79 bits per heavy atom. The smallest absolute Gasteiger partial charge is 0.410 e. The summed E-state index contributed by atoms with van der Waals surface area (Å²) in [6, 6.07) is 7.87. The van der Waals surface area contributed by atoms with Crippen LogP contribution in [0.4, 0.5) is 10.5 Å². The lowest BCUT2D eigenvalue weighted by atomic mass is 10.1. The third-order valence-electron chi connectivity index (χ3n) is 3.71. The lowest BCUT2D eigenvalue weighted by Crippen LogP contribution is -2.36. The van der Waals surface area contributed by atoms with Crippen molar-refractivity contribution >= 4 is 23.1 Å². The van der Waals surface area contributed by atoms with E-state index in [1.807, 2.05) is 5.38 Å². The third-order valence-corrected chi connectivity index (χ3v) is 4.65. The Balaban J connectivity index is 1.40. The molecule has 0 N–H and O–H groups in total. The van der Waals surface area contributed by atoms with Crippen LogP contribution in [0, 0.1) is 10.1 Å². The molecule has 8 heteroatoms. The fraction of sp³-hybridized carbons (Fsp3) is 0.312. The number of benzene rings is 1. The standard InChI is InChI=1S/C16H16N2O5S/c19-16(17-7-5-12-6-10-24-15(12)11-17)23-9-8-22-14-3-1-13(2-4-14)18(20)21/h1-4,6,10H,5,7-9,11H2. The van der Waals surface area contributed by atoms with Gasteiger partial charge in [-0.2, -0.15) is 0 Å². The summed E-state index contributed by atoms with van der Waals surface area (Å²) in [6.07, 6.45) is 0.508. The number of thiophene rings is 1. The van der Waals surface area contributed by atoms with Crippen molar-refractivity contribution in [1.29, 1.82) is 0 Å². The van der Waals surface area contributed by atoms with Gasteiger partial charge in [0.05, 0.1) is 11.5 Å². The van der Waals surface area contributed by atoms with Crippen molar-refractivity contribution in [1.82, 2.24) is 4.90 Å². The topological polar surface area (TPSA) is 81.9 Å². The van der Waals surface area contributed by atoms with Crippen LogP contribution in [0.1, 0.15) is 10.4 Å². The second kappa shape index (κ2) is 7.31. The van der Waals surface area contributed by atoms with Gasteiger partial charge in [-0.1, -0.05) is 0 Å². The van der Waals surface area contributed by atoms with Crippen molar-refractivity contribution in [2.75, 3.05) is 19.8 Å². The molecule has 0 saturated carbocycles. The number of nitrogens with zero attached hydrogens (tertiary/aromatic N) is 2.